The van der Waals surface area contributed by atoms with E-state index in [0.29, 0.717) is 160 Å². The first-order valence-corrected chi connectivity index (χ1v) is 41.3. The SMILES string of the molecule is CN(C)C(=O)c1cc2cc(Nc3nccc(-c4ccccn4)n3)cc(Cl)c2[nH]1.COCc1ccnc(-c2ccnc(Nc3cc(Cl)c4[nH]c(C(=O)N(C)C)cc4c3)n2)c1.COCc1ccnc(-c2ccnc(Nc3cc(Cl)c4[nH]c(C(=O)N5CCN(C)CC5)cc4c3)n2)c1.COCc1ccnc(-c2ccnc(Nc3ccc4[nH]c(C(=O)N5CCOCC5)cc4c3)n2)c1. The fourth-order valence-electron chi connectivity index (χ4n) is 14.0. The molecule has 0 unspecified atom stereocenters. The van der Waals surface area contributed by atoms with Gasteiger partial charge in [0.25, 0.3) is 23.6 Å². The number of hydrogen-bond acceptors (Lipinski definition) is 25. The maximum atomic E-state index is 13.0. The number of aromatic nitrogens is 16. The van der Waals surface area contributed by atoms with E-state index in [1.54, 1.807) is 142 Å². The summed E-state index contributed by atoms with van der Waals surface area (Å²) in [6.45, 7) is 7.03. The molecule has 14 heterocycles. The summed E-state index contributed by atoms with van der Waals surface area (Å²) >= 11 is 19.4. The molecule has 0 bridgehead atoms. The highest BCUT2D eigenvalue weighted by Crippen LogP contribution is 2.35. The zero-order valence-corrected chi connectivity index (χ0v) is 72.7. The standard InChI is InChI=1S/C25H26ClN7O2.C24H24N6O3.C22H21ClN6O2.C20H17ClN6O/c1-32-7-9-33(10-8-32)24(34)22-13-17-12-18(14-19(26)23(17)30-22)29-25-28-6-4-20(31-25)21-11-16(15-35-2)3-5-27-21;1-32-15-16-4-6-25-21(12-16)20-5-7-26-24(29-20)27-18-2-3-19-17(13-18)14-22(28-19)23(31)30-8-10-33-11-9-30;1-29(2)21(30)19-10-14-9-15(11-16(23)20(14)27-19)26-22-25-7-5-17(28-22)18-8-13(12-31-3)4-6-24-18;1-27(2)19(28)17-10-12-9-13(11-14(21)18(12)25-17)24-20-23-8-6-16(26-20)15-5-3-4-7-22-15/h3-6,11-14,30H,7-10,15H2,1-2H3,(H,28,29,31);2-7,12-14,28H,8-11,15H2,1H3,(H,26,27,29);4-11,27H,12H2,1-3H3,(H,25,26,28);3-11,25H,1-2H3,(H,23,24,26). The van der Waals surface area contributed by atoms with E-state index in [2.05, 4.69) is 113 Å². The average molecular weight is 1770 g/mol. The van der Waals surface area contributed by atoms with Crippen molar-refractivity contribution in [2.75, 3.05) is 130 Å². The van der Waals surface area contributed by atoms with E-state index in [-0.39, 0.29) is 23.6 Å². The van der Waals surface area contributed by atoms with Gasteiger partial charge in [0.15, 0.2) is 0 Å². The number of fused-ring (bicyclic) bond motifs is 4. The van der Waals surface area contributed by atoms with Crippen molar-refractivity contribution >= 4 is 149 Å². The number of methoxy groups -OCH3 is 3. The largest absolute Gasteiger partial charge is 0.380 e. The van der Waals surface area contributed by atoms with Crippen molar-refractivity contribution in [3.05, 3.63) is 262 Å². The normalized spacial score (nSPS) is 12.7. The molecule has 33 nitrogen and oxygen atoms in total. The lowest BCUT2D eigenvalue weighted by atomic mass is 10.2. The Morgan fingerprint density at radius 1 is 0.370 bits per heavy atom. The summed E-state index contributed by atoms with van der Waals surface area (Å²) in [5.41, 5.74) is 16.9. The number of carbonyl (C=O) groups is 4. The maximum absolute atomic E-state index is 13.0. The molecule has 0 aliphatic carbocycles. The van der Waals surface area contributed by atoms with Crippen LogP contribution in [0.2, 0.25) is 15.1 Å². The second-order valence-electron chi connectivity index (χ2n) is 29.9. The van der Waals surface area contributed by atoms with Crippen LogP contribution in [-0.4, -0.2) is 237 Å². The van der Waals surface area contributed by atoms with Crippen LogP contribution in [0, 0.1) is 0 Å². The minimum Gasteiger partial charge on any atom is -0.380 e. The molecule has 16 aromatic rings. The van der Waals surface area contributed by atoms with Crippen LogP contribution in [0.5, 0.6) is 0 Å². The summed E-state index contributed by atoms with van der Waals surface area (Å²) in [6.07, 6.45) is 13.6. The van der Waals surface area contributed by atoms with Gasteiger partial charge in [0.2, 0.25) is 23.8 Å². The fourth-order valence-corrected chi connectivity index (χ4v) is 14.8. The number of nitrogens with zero attached hydrogens (tertiary/aromatic N) is 17. The number of anilines is 8. The number of pyridine rings is 4. The minimum atomic E-state index is -0.124. The highest BCUT2D eigenvalue weighted by atomic mass is 35.5. The summed E-state index contributed by atoms with van der Waals surface area (Å²) < 4.78 is 20.9. The second-order valence-corrected chi connectivity index (χ2v) is 31.1. The zero-order chi connectivity index (χ0) is 88.6. The fraction of sp³-hybridized carbons (Fsp3) is 0.209. The molecule has 127 heavy (non-hydrogen) atoms. The van der Waals surface area contributed by atoms with Crippen LogP contribution in [0.25, 0.3) is 89.2 Å². The van der Waals surface area contributed by atoms with E-state index in [0.717, 1.165) is 102 Å². The van der Waals surface area contributed by atoms with Crippen LogP contribution in [0.15, 0.2) is 207 Å². The van der Waals surface area contributed by atoms with Crippen molar-refractivity contribution in [1.82, 2.24) is 104 Å². The predicted molar refractivity (Wildman–Crippen MR) is 491 cm³/mol. The van der Waals surface area contributed by atoms with Crippen LogP contribution in [0.3, 0.4) is 0 Å². The van der Waals surface area contributed by atoms with Gasteiger partial charge in [-0.3, -0.25) is 39.1 Å². The highest BCUT2D eigenvalue weighted by Gasteiger charge is 2.25. The van der Waals surface area contributed by atoms with Crippen molar-refractivity contribution in [1.29, 1.82) is 0 Å². The number of ether oxygens (including phenoxy) is 4. The molecule has 0 radical (unpaired) electrons. The summed E-state index contributed by atoms with van der Waals surface area (Å²) in [6, 6.07) is 48.5. The van der Waals surface area contributed by atoms with Crippen LogP contribution in [-0.2, 0) is 38.8 Å². The molecule has 2 aliphatic rings. The molecule has 4 aromatic carbocycles. The van der Waals surface area contributed by atoms with Gasteiger partial charge >= 0.3 is 0 Å². The summed E-state index contributed by atoms with van der Waals surface area (Å²) in [4.78, 5) is 125. The number of benzene rings is 4. The summed E-state index contributed by atoms with van der Waals surface area (Å²) in [5, 5.41) is 17.7. The van der Waals surface area contributed by atoms with E-state index in [1.807, 2.05) is 125 Å². The third-order valence-electron chi connectivity index (χ3n) is 20.3. The van der Waals surface area contributed by atoms with Crippen molar-refractivity contribution in [3.8, 4) is 45.6 Å². The minimum absolute atomic E-state index is 0.0109. The van der Waals surface area contributed by atoms with Crippen molar-refractivity contribution < 1.29 is 38.1 Å². The third kappa shape index (κ3) is 21.9. The number of nitrogens with one attached hydrogen (secondary N) is 8. The lowest BCUT2D eigenvalue weighted by Gasteiger charge is -2.32. The lowest BCUT2D eigenvalue weighted by Crippen LogP contribution is -2.47. The predicted octanol–water partition coefficient (Wildman–Crippen LogP) is 15.7. The van der Waals surface area contributed by atoms with E-state index >= 15 is 0 Å². The number of amides is 4. The van der Waals surface area contributed by atoms with Gasteiger partial charge in [0.1, 0.15) is 22.8 Å². The van der Waals surface area contributed by atoms with Crippen molar-refractivity contribution in [3.63, 3.8) is 0 Å². The van der Waals surface area contributed by atoms with Gasteiger partial charge in [0, 0.05) is 188 Å². The topological polar surface area (TPSA) is 387 Å². The van der Waals surface area contributed by atoms with E-state index < -0.39 is 0 Å². The Morgan fingerprint density at radius 3 is 1.13 bits per heavy atom. The first kappa shape index (κ1) is 87.6. The number of H-pyrrole nitrogens is 4. The lowest BCUT2D eigenvalue weighted by molar-refractivity contribution is 0.0299. The Balaban J connectivity index is 0.000000131. The number of halogens is 3. The van der Waals surface area contributed by atoms with E-state index in [9.17, 15) is 19.2 Å². The van der Waals surface area contributed by atoms with Crippen LogP contribution < -0.4 is 21.3 Å². The van der Waals surface area contributed by atoms with E-state index in [4.69, 9.17) is 53.8 Å². The number of rotatable bonds is 22. The van der Waals surface area contributed by atoms with Crippen LogP contribution in [0.1, 0.15) is 58.6 Å². The van der Waals surface area contributed by atoms with Crippen LogP contribution in [0.4, 0.5) is 46.5 Å². The molecular formula is C91H88Cl3N25O8. The monoisotopic (exact) mass is 1760 g/mol. The first-order chi connectivity index (χ1) is 61.6. The number of hydrogen-bond donors (Lipinski definition) is 8. The van der Waals surface area contributed by atoms with Gasteiger partial charge in [-0.2, -0.15) is 0 Å². The van der Waals surface area contributed by atoms with Gasteiger partial charge in [-0.1, -0.05) is 40.9 Å². The Hall–Kier alpha value is -14.3. The first-order valence-electron chi connectivity index (χ1n) is 40.2. The Labute approximate surface area is 744 Å². The van der Waals surface area contributed by atoms with Gasteiger partial charge in [-0.25, -0.2) is 39.9 Å². The molecular weight excluding hydrogens is 1680 g/mol. The molecule has 0 saturated carbocycles. The quantitative estimate of drug-likeness (QED) is 0.0312. The van der Waals surface area contributed by atoms with Crippen molar-refractivity contribution in [2.24, 2.45) is 0 Å². The molecule has 646 valence electrons. The molecule has 0 atom stereocenters. The molecule has 18 rings (SSSR count). The molecule has 12 aromatic heterocycles. The smallest absolute Gasteiger partial charge is 0.270 e. The van der Waals surface area contributed by atoms with Gasteiger partial charge < -0.3 is 84.7 Å². The highest BCUT2D eigenvalue weighted by molar-refractivity contribution is 6.37. The zero-order valence-electron chi connectivity index (χ0n) is 70.4. The summed E-state index contributed by atoms with van der Waals surface area (Å²) in [7, 11) is 13.8. The van der Waals surface area contributed by atoms with Gasteiger partial charge in [0.05, 0.1) is 110 Å². The third-order valence-corrected chi connectivity index (χ3v) is 21.1. The van der Waals surface area contributed by atoms with Crippen molar-refractivity contribution in [2.45, 2.75) is 19.8 Å². The molecule has 2 saturated heterocycles. The molecule has 4 amide bonds. The maximum Gasteiger partial charge on any atom is 0.270 e. The molecule has 8 N–H and O–H groups in total. The molecule has 2 aliphatic heterocycles. The molecule has 36 heteroatoms. The number of morpholine rings is 1. The number of likely N-dealkylation sites (N-methyl/N-ethyl adjacent to an activating group) is 1. The number of aromatic amines is 4. The molecule has 2 fully saturated rings. The average Bonchev–Trinajstić information content (AvgIpc) is 1.66. The number of piperazine rings is 1. The Kier molecular flexibility index (Phi) is 28.0. The van der Waals surface area contributed by atoms with Gasteiger partial charge in [-0.15, -0.1) is 0 Å². The molecule has 0 spiro atoms. The number of carbonyl (C=O) groups excluding carboxylic acids is 4. The van der Waals surface area contributed by atoms with E-state index in [1.165, 1.54) is 9.80 Å². The van der Waals surface area contributed by atoms with Crippen LogP contribution >= 0.6 is 34.8 Å². The van der Waals surface area contributed by atoms with Gasteiger partial charge in [-0.05, 0) is 175 Å². The Bertz CT molecular complexity index is 6630. The summed E-state index contributed by atoms with van der Waals surface area (Å²) in [5.74, 6) is 1.45. The second kappa shape index (κ2) is 40.6. The Morgan fingerprint density at radius 2 is 0.724 bits per heavy atom.